The highest BCUT2D eigenvalue weighted by Crippen LogP contribution is 2.36. The number of halogens is 2. The number of benzene rings is 2. The van der Waals surface area contributed by atoms with Crippen LogP contribution in [0.25, 0.3) is 0 Å². The number of rotatable bonds is 9. The summed E-state index contributed by atoms with van der Waals surface area (Å²) in [5, 5.41) is 12.9. The molecule has 0 aliphatic carbocycles. The molecule has 0 unspecified atom stereocenters. The number of hydrazone groups is 1. The highest BCUT2D eigenvalue weighted by Gasteiger charge is 2.13. The second-order valence-electron chi connectivity index (χ2n) is 5.54. The Morgan fingerprint density at radius 2 is 1.96 bits per heavy atom. The van der Waals surface area contributed by atoms with E-state index in [1.165, 1.54) is 12.3 Å². The molecule has 7 nitrogen and oxygen atoms in total. The van der Waals surface area contributed by atoms with Crippen molar-refractivity contribution in [2.75, 3.05) is 13.2 Å². The maximum absolute atomic E-state index is 12.0. The van der Waals surface area contributed by atoms with E-state index in [-0.39, 0.29) is 23.1 Å². The Balaban J connectivity index is 2.04. The topological polar surface area (TPSA) is 97.2 Å². The summed E-state index contributed by atoms with van der Waals surface area (Å²) in [6, 6.07) is 10.5. The molecule has 0 aliphatic rings. The smallest absolute Gasteiger partial charge is 0.341 e. The molecule has 0 fully saturated rings. The van der Waals surface area contributed by atoms with Crippen molar-refractivity contribution in [2.45, 2.75) is 13.3 Å². The number of nitrogens with one attached hydrogen (secondary N) is 1. The van der Waals surface area contributed by atoms with Gasteiger partial charge in [-0.25, -0.2) is 10.2 Å². The molecule has 0 aliphatic heterocycles. The quantitative estimate of drug-likeness (QED) is 0.431. The zero-order valence-corrected chi connectivity index (χ0v) is 17.3. The number of hydrogen-bond donors (Lipinski definition) is 2. The molecule has 0 heterocycles. The van der Waals surface area contributed by atoms with E-state index >= 15 is 0 Å². The van der Waals surface area contributed by atoms with Gasteiger partial charge in [0.05, 0.1) is 24.3 Å². The minimum absolute atomic E-state index is 0.141. The van der Waals surface area contributed by atoms with Gasteiger partial charge in [-0.1, -0.05) is 39.7 Å². The monoisotopic (exact) mass is 468 g/mol. The Hall–Kier alpha value is -2.58. The Bertz CT molecular complexity index is 871. The van der Waals surface area contributed by atoms with Gasteiger partial charge in [0, 0.05) is 4.47 Å². The summed E-state index contributed by atoms with van der Waals surface area (Å²) in [6.07, 6.45) is 1.60. The predicted octanol–water partition coefficient (Wildman–Crippen LogP) is 3.66. The summed E-state index contributed by atoms with van der Waals surface area (Å²) < 4.78 is 11.6. The summed E-state index contributed by atoms with van der Waals surface area (Å²) in [4.78, 5) is 22.7. The van der Waals surface area contributed by atoms with E-state index in [0.29, 0.717) is 17.9 Å². The molecule has 0 saturated carbocycles. The standard InChI is InChI=1S/C19H18BrClN2O5/c1-2-27-16-8-13(7-15(21)19(16)28-11-18(25)26)10-22-23-17(24)9-12-3-5-14(20)6-4-12/h3-8,10H,2,9,11H2,1H3,(H,23,24)(H,25,26)/b22-10-. The molecule has 0 bridgehead atoms. The maximum Gasteiger partial charge on any atom is 0.341 e. The highest BCUT2D eigenvalue weighted by molar-refractivity contribution is 9.10. The fourth-order valence-electron chi connectivity index (χ4n) is 2.21. The number of carbonyl (C=O) groups excluding carboxylic acids is 1. The maximum atomic E-state index is 12.0. The van der Waals surface area contributed by atoms with Gasteiger partial charge in [0.1, 0.15) is 0 Å². The Morgan fingerprint density at radius 3 is 2.61 bits per heavy atom. The lowest BCUT2D eigenvalue weighted by atomic mass is 10.1. The average Bonchev–Trinajstić information content (AvgIpc) is 2.63. The molecule has 0 spiro atoms. The first kappa shape index (κ1) is 21.7. The van der Waals surface area contributed by atoms with Crippen molar-refractivity contribution in [3.8, 4) is 11.5 Å². The zero-order chi connectivity index (χ0) is 20.5. The molecule has 148 valence electrons. The first-order chi connectivity index (χ1) is 13.4. The Labute approximate surface area is 175 Å². The van der Waals surface area contributed by atoms with E-state index < -0.39 is 12.6 Å². The summed E-state index contributed by atoms with van der Waals surface area (Å²) in [5.74, 6) is -0.963. The molecule has 28 heavy (non-hydrogen) atoms. The molecular weight excluding hydrogens is 452 g/mol. The van der Waals surface area contributed by atoms with Gasteiger partial charge >= 0.3 is 5.97 Å². The Kier molecular flexibility index (Phi) is 8.28. The van der Waals surface area contributed by atoms with Gasteiger partial charge in [-0.15, -0.1) is 0 Å². The summed E-state index contributed by atoms with van der Waals surface area (Å²) >= 11 is 9.51. The molecule has 1 amide bonds. The van der Waals surface area contributed by atoms with Crippen LogP contribution in [0, 0.1) is 0 Å². The van der Waals surface area contributed by atoms with Gasteiger partial charge in [0.15, 0.2) is 18.1 Å². The van der Waals surface area contributed by atoms with Gasteiger partial charge < -0.3 is 14.6 Å². The van der Waals surface area contributed by atoms with E-state index in [2.05, 4.69) is 26.5 Å². The van der Waals surface area contributed by atoms with E-state index in [1.807, 2.05) is 24.3 Å². The van der Waals surface area contributed by atoms with E-state index in [1.54, 1.807) is 13.0 Å². The molecule has 2 aromatic rings. The van der Waals surface area contributed by atoms with Crippen LogP contribution in [0.2, 0.25) is 5.02 Å². The predicted molar refractivity (Wildman–Crippen MR) is 109 cm³/mol. The van der Waals surface area contributed by atoms with Crippen LogP contribution >= 0.6 is 27.5 Å². The molecule has 0 saturated heterocycles. The number of carbonyl (C=O) groups is 2. The lowest BCUT2D eigenvalue weighted by molar-refractivity contribution is -0.139. The largest absolute Gasteiger partial charge is 0.490 e. The number of nitrogens with zero attached hydrogens (tertiary/aromatic N) is 1. The van der Waals surface area contributed by atoms with E-state index in [9.17, 15) is 9.59 Å². The van der Waals surface area contributed by atoms with Gasteiger partial charge in [0.2, 0.25) is 5.91 Å². The van der Waals surface area contributed by atoms with Gasteiger partial charge in [-0.2, -0.15) is 5.10 Å². The van der Waals surface area contributed by atoms with Crippen LogP contribution in [-0.2, 0) is 16.0 Å². The van der Waals surface area contributed by atoms with Crippen molar-refractivity contribution in [3.63, 3.8) is 0 Å². The van der Waals surface area contributed by atoms with Crippen molar-refractivity contribution >= 4 is 45.6 Å². The fourth-order valence-corrected chi connectivity index (χ4v) is 2.74. The van der Waals surface area contributed by atoms with Crippen molar-refractivity contribution in [1.82, 2.24) is 5.43 Å². The molecular formula is C19H18BrClN2O5. The normalized spacial score (nSPS) is 10.7. The van der Waals surface area contributed by atoms with Crippen LogP contribution in [0.5, 0.6) is 11.5 Å². The lowest BCUT2D eigenvalue weighted by Gasteiger charge is -2.13. The number of amides is 1. The summed E-state index contributed by atoms with van der Waals surface area (Å²) in [5.41, 5.74) is 3.86. The lowest BCUT2D eigenvalue weighted by Crippen LogP contribution is -2.19. The molecule has 2 rings (SSSR count). The van der Waals surface area contributed by atoms with Crippen molar-refractivity contribution in [3.05, 3.63) is 57.0 Å². The van der Waals surface area contributed by atoms with Gasteiger partial charge in [-0.3, -0.25) is 4.79 Å². The average molecular weight is 470 g/mol. The molecule has 0 atom stereocenters. The number of ether oxygens (including phenoxy) is 2. The first-order valence-corrected chi connectivity index (χ1v) is 9.43. The third kappa shape index (κ3) is 6.86. The molecule has 0 aromatic heterocycles. The van der Waals surface area contributed by atoms with Gasteiger partial charge in [-0.05, 0) is 42.3 Å². The third-order valence-corrected chi connectivity index (χ3v) is 4.16. The van der Waals surface area contributed by atoms with Crippen LogP contribution in [0.4, 0.5) is 0 Å². The molecule has 2 N–H and O–H groups in total. The molecule has 0 radical (unpaired) electrons. The SMILES string of the molecule is CCOc1cc(/C=N\NC(=O)Cc2ccc(Br)cc2)cc(Cl)c1OCC(=O)O. The number of hydrogen-bond acceptors (Lipinski definition) is 5. The fraction of sp³-hybridized carbons (Fsp3) is 0.211. The molecule has 9 heteroatoms. The van der Waals surface area contributed by atoms with Crippen molar-refractivity contribution < 1.29 is 24.2 Å². The summed E-state index contributed by atoms with van der Waals surface area (Å²) in [7, 11) is 0. The minimum Gasteiger partial charge on any atom is -0.490 e. The first-order valence-electron chi connectivity index (χ1n) is 8.26. The number of carboxylic acids is 1. The van der Waals surface area contributed by atoms with Crippen LogP contribution in [0.15, 0.2) is 46.0 Å². The number of carboxylic acid groups (broad SMARTS) is 1. The minimum atomic E-state index is -1.13. The van der Waals surface area contributed by atoms with E-state index in [0.717, 1.165) is 10.0 Å². The van der Waals surface area contributed by atoms with Crippen LogP contribution in [0.3, 0.4) is 0 Å². The second kappa shape index (κ2) is 10.7. The number of aliphatic carboxylic acids is 1. The van der Waals surface area contributed by atoms with Crippen LogP contribution in [-0.4, -0.2) is 36.4 Å². The van der Waals surface area contributed by atoms with Crippen LogP contribution < -0.4 is 14.9 Å². The van der Waals surface area contributed by atoms with Gasteiger partial charge in [0.25, 0.3) is 0 Å². The third-order valence-electron chi connectivity index (χ3n) is 3.35. The second-order valence-corrected chi connectivity index (χ2v) is 6.86. The van der Waals surface area contributed by atoms with Crippen LogP contribution in [0.1, 0.15) is 18.1 Å². The molecule has 2 aromatic carbocycles. The van der Waals surface area contributed by atoms with E-state index in [4.69, 9.17) is 26.2 Å². The Morgan fingerprint density at radius 1 is 1.25 bits per heavy atom. The highest BCUT2D eigenvalue weighted by atomic mass is 79.9. The van der Waals surface area contributed by atoms with Crippen molar-refractivity contribution in [1.29, 1.82) is 0 Å². The summed E-state index contributed by atoms with van der Waals surface area (Å²) in [6.45, 7) is 1.57. The van der Waals surface area contributed by atoms with Crippen molar-refractivity contribution in [2.24, 2.45) is 5.10 Å². The zero-order valence-electron chi connectivity index (χ0n) is 14.9.